The largest absolute Gasteiger partial charge is 0.143 e. The zero-order chi connectivity index (χ0) is 32.6. The first-order valence-corrected chi connectivity index (χ1v) is 23.5. The van der Waals surface area contributed by atoms with E-state index in [9.17, 15) is 0 Å². The van der Waals surface area contributed by atoms with Crippen LogP contribution in [0.1, 0.15) is 20.3 Å². The molecule has 0 radical (unpaired) electrons. The molecule has 1 aliphatic rings. The van der Waals surface area contributed by atoms with Gasteiger partial charge in [0.05, 0.1) is 10.5 Å². The van der Waals surface area contributed by atoms with Gasteiger partial charge in [-0.1, -0.05) is 48.5 Å². The quantitative estimate of drug-likeness (QED) is 0.135. The third kappa shape index (κ3) is 6.99. The Balaban J connectivity index is 1.08. The third-order valence-corrected chi connectivity index (χ3v) is 20.6. The Labute approximate surface area is 323 Å². The molecular weight excluding hydrogens is 769 g/mol. The van der Waals surface area contributed by atoms with Gasteiger partial charge >= 0.3 is 0 Å². The van der Waals surface area contributed by atoms with Crippen molar-refractivity contribution in [3.05, 3.63) is 154 Å². The van der Waals surface area contributed by atoms with Gasteiger partial charge in [-0.05, 0) is 95.7 Å². The van der Waals surface area contributed by atoms with Crippen LogP contribution in [0.2, 0.25) is 0 Å². The monoisotopic (exact) mass is 796 g/mol. The maximum atomic E-state index is 2.42. The van der Waals surface area contributed by atoms with Crippen molar-refractivity contribution < 1.29 is 0 Å². The van der Waals surface area contributed by atoms with Gasteiger partial charge in [0.1, 0.15) is 0 Å². The zero-order valence-electron chi connectivity index (χ0n) is 25.8. The number of hydrogen-bond donors (Lipinski definition) is 0. The first-order valence-electron chi connectivity index (χ1n) is 15.8. The van der Waals surface area contributed by atoms with Gasteiger partial charge in [-0.3, -0.25) is 0 Å². The van der Waals surface area contributed by atoms with Crippen LogP contribution in [0.4, 0.5) is 0 Å². The summed E-state index contributed by atoms with van der Waals surface area (Å²) in [7, 11) is 0. The molecule has 1 aliphatic heterocycles. The Bertz CT molecular complexity index is 2070. The Morgan fingerprint density at radius 2 is 0.735 bits per heavy atom. The lowest BCUT2D eigenvalue weighted by atomic mass is 10.1. The molecule has 1 saturated heterocycles. The van der Waals surface area contributed by atoms with Crippen LogP contribution in [-0.2, 0) is 0 Å². The first-order chi connectivity index (χ1) is 24.2. The van der Waals surface area contributed by atoms with Crippen molar-refractivity contribution in [3.63, 3.8) is 0 Å². The SMILES string of the molecule is c1ccc(SC2C(c3ccc(-c4ccc(-c5cccs5)s4)s3)SC(c3ccc(-c4ccc(-c5cccs5)s4)s3)C2Sc2ccccc2)cc1. The molecule has 4 unspecified atom stereocenters. The second-order valence-corrected chi connectivity index (χ2v) is 21.5. The molecule has 8 aromatic rings. The summed E-state index contributed by atoms with van der Waals surface area (Å²) in [5.74, 6) is 0. The number of rotatable bonds is 10. The van der Waals surface area contributed by atoms with Crippen molar-refractivity contribution in [2.45, 2.75) is 30.8 Å². The van der Waals surface area contributed by atoms with Crippen LogP contribution in [0.5, 0.6) is 0 Å². The van der Waals surface area contributed by atoms with Gasteiger partial charge < -0.3 is 0 Å². The molecule has 0 amide bonds. The van der Waals surface area contributed by atoms with E-state index in [0.717, 1.165) is 0 Å². The van der Waals surface area contributed by atoms with Crippen molar-refractivity contribution in [2.75, 3.05) is 0 Å². The van der Waals surface area contributed by atoms with E-state index in [-0.39, 0.29) is 0 Å². The molecule has 9 heteroatoms. The minimum Gasteiger partial charge on any atom is -0.143 e. The summed E-state index contributed by atoms with van der Waals surface area (Å²) in [6.45, 7) is 0. The first kappa shape index (κ1) is 32.6. The van der Waals surface area contributed by atoms with Crippen molar-refractivity contribution >= 4 is 103 Å². The second kappa shape index (κ2) is 14.7. The number of thiophene rings is 6. The Morgan fingerprint density at radius 3 is 1.14 bits per heavy atom. The molecule has 0 spiro atoms. The van der Waals surface area contributed by atoms with Crippen LogP contribution in [0.3, 0.4) is 0 Å². The molecule has 4 atom stereocenters. The van der Waals surface area contributed by atoms with Gasteiger partial charge in [0, 0.05) is 69.1 Å². The molecule has 49 heavy (non-hydrogen) atoms. The molecule has 0 aliphatic carbocycles. The maximum Gasteiger partial charge on any atom is 0.0531 e. The van der Waals surface area contributed by atoms with E-state index in [0.29, 0.717) is 21.0 Å². The predicted molar refractivity (Wildman–Crippen MR) is 227 cm³/mol. The highest BCUT2D eigenvalue weighted by Gasteiger charge is 2.47. The summed E-state index contributed by atoms with van der Waals surface area (Å²) in [6, 6.07) is 49.6. The molecular formula is C40H28S9. The van der Waals surface area contributed by atoms with Crippen LogP contribution >= 0.6 is 103 Å². The van der Waals surface area contributed by atoms with Crippen LogP contribution in [-0.4, -0.2) is 10.5 Å². The van der Waals surface area contributed by atoms with E-state index in [4.69, 9.17) is 0 Å². The maximum absolute atomic E-state index is 2.42. The molecule has 0 N–H and O–H groups in total. The minimum absolute atomic E-state index is 0.379. The minimum atomic E-state index is 0.379. The van der Waals surface area contributed by atoms with Crippen molar-refractivity contribution in [2.24, 2.45) is 0 Å². The molecule has 1 fully saturated rings. The van der Waals surface area contributed by atoms with Gasteiger partial charge in [-0.15, -0.1) is 103 Å². The summed E-state index contributed by atoms with van der Waals surface area (Å²) in [6.07, 6.45) is 0. The fourth-order valence-electron chi connectivity index (χ4n) is 6.00. The lowest BCUT2D eigenvalue weighted by molar-refractivity contribution is 0.814. The number of hydrogen-bond acceptors (Lipinski definition) is 9. The van der Waals surface area contributed by atoms with Gasteiger partial charge in [-0.25, -0.2) is 0 Å². The average molecular weight is 797 g/mol. The number of thioether (sulfide) groups is 3. The summed E-state index contributed by atoms with van der Waals surface area (Å²) in [5.41, 5.74) is 0. The molecule has 0 nitrogen and oxygen atoms in total. The fraction of sp³-hybridized carbons (Fsp3) is 0.100. The third-order valence-electron chi connectivity index (χ3n) is 8.28. The Kier molecular flexibility index (Phi) is 9.80. The molecule has 9 rings (SSSR count). The highest BCUT2D eigenvalue weighted by Crippen LogP contribution is 2.64. The zero-order valence-corrected chi connectivity index (χ0v) is 33.2. The van der Waals surface area contributed by atoms with E-state index in [2.05, 4.69) is 180 Å². The van der Waals surface area contributed by atoms with Crippen molar-refractivity contribution in [1.29, 1.82) is 0 Å². The number of benzene rings is 2. The molecule has 0 saturated carbocycles. The standard InChI is InChI=1S/C40H28S9/c1-3-9-25(10-4-1)43-39-37(35-21-19-33(47-35)31-17-15-29(45-31)27-13-7-23-41-27)49-38(40(39)44-26-11-5-2-6-12-26)36-22-20-34(48-36)32-18-16-30(46-32)28-14-8-24-42-28/h1-24,37-40H. The van der Waals surface area contributed by atoms with E-state index in [1.54, 1.807) is 0 Å². The van der Waals surface area contributed by atoms with Gasteiger partial charge in [-0.2, -0.15) is 0 Å². The van der Waals surface area contributed by atoms with Gasteiger partial charge in [0.25, 0.3) is 0 Å². The van der Waals surface area contributed by atoms with E-state index in [1.807, 2.05) is 68.0 Å². The lowest BCUT2D eigenvalue weighted by Crippen LogP contribution is -2.21. The van der Waals surface area contributed by atoms with E-state index in [1.165, 1.54) is 58.6 Å². The average Bonchev–Trinajstić information content (AvgIpc) is 3.97. The fourth-order valence-corrected chi connectivity index (χ4v) is 17.8. The molecule has 0 bridgehead atoms. The predicted octanol–water partition coefficient (Wildman–Crippen LogP) is 15.6. The lowest BCUT2D eigenvalue weighted by Gasteiger charge is -2.25. The second-order valence-electron chi connectivity index (χ2n) is 11.5. The summed E-state index contributed by atoms with van der Waals surface area (Å²) >= 11 is 17.8. The molecule has 6 aromatic heterocycles. The van der Waals surface area contributed by atoms with Gasteiger partial charge in [0.2, 0.25) is 0 Å². The highest BCUT2D eigenvalue weighted by atomic mass is 32.2. The molecule has 2 aromatic carbocycles. The smallest absolute Gasteiger partial charge is 0.0531 e. The summed E-state index contributed by atoms with van der Waals surface area (Å²) in [4.78, 5) is 16.5. The summed E-state index contributed by atoms with van der Waals surface area (Å²) in [5, 5.41) is 5.89. The van der Waals surface area contributed by atoms with Gasteiger partial charge in [0.15, 0.2) is 0 Å². The van der Waals surface area contributed by atoms with Crippen LogP contribution in [0.25, 0.3) is 39.0 Å². The normalized spacial score (nSPS) is 19.1. The van der Waals surface area contributed by atoms with E-state index >= 15 is 0 Å². The topological polar surface area (TPSA) is 0 Å². The van der Waals surface area contributed by atoms with Crippen molar-refractivity contribution in [3.8, 4) is 39.0 Å². The van der Waals surface area contributed by atoms with Crippen LogP contribution in [0, 0.1) is 0 Å². The van der Waals surface area contributed by atoms with Crippen LogP contribution in [0.15, 0.2) is 154 Å². The van der Waals surface area contributed by atoms with Crippen molar-refractivity contribution in [1.82, 2.24) is 0 Å². The molecule has 7 heterocycles. The van der Waals surface area contributed by atoms with Crippen LogP contribution < -0.4 is 0 Å². The highest BCUT2D eigenvalue weighted by molar-refractivity contribution is 8.08. The summed E-state index contributed by atoms with van der Waals surface area (Å²) < 4.78 is 0. The molecule has 242 valence electrons. The van der Waals surface area contributed by atoms with E-state index < -0.39 is 0 Å². The Morgan fingerprint density at radius 1 is 0.347 bits per heavy atom. The Hall–Kier alpha value is -2.31.